The van der Waals surface area contributed by atoms with E-state index >= 15 is 0 Å². The van der Waals surface area contributed by atoms with Gasteiger partial charge in [0, 0.05) is 11.8 Å². The molecular weight excluding hydrogens is 564 g/mol. The SMILES string of the molecule is CC(C)(C)Cc1ccc(C(c2ccc(OC(C)(C)C)cc2)C(c2ccc(OC(C)(C)C)cc2)c2ccc(OC(C)(C)C)cc2)cc1. The molecule has 0 aliphatic heterocycles. The van der Waals surface area contributed by atoms with Crippen LogP contribution < -0.4 is 14.2 Å². The number of hydrogen-bond donors (Lipinski definition) is 0. The van der Waals surface area contributed by atoms with E-state index in [4.69, 9.17) is 14.2 Å². The summed E-state index contributed by atoms with van der Waals surface area (Å²) in [5.74, 6) is 2.71. The van der Waals surface area contributed by atoms with Crippen molar-refractivity contribution in [2.75, 3.05) is 0 Å². The first kappa shape index (κ1) is 35.1. The van der Waals surface area contributed by atoms with Gasteiger partial charge in [0.05, 0.1) is 0 Å². The molecule has 0 aliphatic rings. The molecule has 1 atom stereocenters. The summed E-state index contributed by atoms with van der Waals surface area (Å²) in [7, 11) is 0. The molecule has 1 unspecified atom stereocenters. The Labute approximate surface area is 279 Å². The van der Waals surface area contributed by atoms with Crippen LogP contribution in [0.15, 0.2) is 97.1 Å². The molecule has 0 spiro atoms. The van der Waals surface area contributed by atoms with Crippen LogP contribution in [0.3, 0.4) is 0 Å². The molecule has 0 saturated heterocycles. The van der Waals surface area contributed by atoms with Crippen LogP contribution in [-0.2, 0) is 6.42 Å². The van der Waals surface area contributed by atoms with Gasteiger partial charge in [0.1, 0.15) is 34.1 Å². The van der Waals surface area contributed by atoms with E-state index < -0.39 is 0 Å². The van der Waals surface area contributed by atoms with E-state index in [-0.39, 0.29) is 34.1 Å². The Hall–Kier alpha value is -3.72. The molecule has 46 heavy (non-hydrogen) atoms. The number of hydrogen-bond acceptors (Lipinski definition) is 3. The summed E-state index contributed by atoms with van der Waals surface area (Å²) in [5, 5.41) is 0. The number of rotatable bonds is 9. The fourth-order valence-corrected chi connectivity index (χ4v) is 5.90. The average molecular weight is 621 g/mol. The molecule has 246 valence electrons. The lowest BCUT2D eigenvalue weighted by atomic mass is 9.73. The fraction of sp³-hybridized carbons (Fsp3) is 0.442. The molecule has 0 aromatic heterocycles. The van der Waals surface area contributed by atoms with Gasteiger partial charge >= 0.3 is 0 Å². The summed E-state index contributed by atoms with van der Waals surface area (Å²) in [6, 6.07) is 35.3. The van der Waals surface area contributed by atoms with Crippen LogP contribution in [0.5, 0.6) is 17.2 Å². The Morgan fingerprint density at radius 1 is 0.370 bits per heavy atom. The highest BCUT2D eigenvalue weighted by molar-refractivity contribution is 5.48. The summed E-state index contributed by atoms with van der Waals surface area (Å²) in [5.41, 5.74) is 5.75. The van der Waals surface area contributed by atoms with Gasteiger partial charge in [-0.1, -0.05) is 81.4 Å². The predicted molar refractivity (Wildman–Crippen MR) is 194 cm³/mol. The number of ether oxygens (including phenoxy) is 3. The normalized spacial score (nSPS) is 13.4. The largest absolute Gasteiger partial charge is 0.488 e. The van der Waals surface area contributed by atoms with Crippen molar-refractivity contribution < 1.29 is 14.2 Å². The molecule has 0 radical (unpaired) electrons. The number of benzene rings is 4. The van der Waals surface area contributed by atoms with Gasteiger partial charge in [-0.2, -0.15) is 0 Å². The van der Waals surface area contributed by atoms with Crippen LogP contribution >= 0.6 is 0 Å². The molecule has 0 N–H and O–H groups in total. The molecule has 4 aromatic rings. The second-order valence-electron chi connectivity index (χ2n) is 16.8. The van der Waals surface area contributed by atoms with Gasteiger partial charge in [-0.25, -0.2) is 0 Å². The van der Waals surface area contributed by atoms with Gasteiger partial charge in [-0.15, -0.1) is 0 Å². The van der Waals surface area contributed by atoms with Crippen molar-refractivity contribution in [1.29, 1.82) is 0 Å². The lowest BCUT2D eigenvalue weighted by Gasteiger charge is -2.31. The monoisotopic (exact) mass is 620 g/mol. The third-order valence-corrected chi connectivity index (χ3v) is 7.40. The second kappa shape index (κ2) is 13.6. The topological polar surface area (TPSA) is 27.7 Å². The maximum Gasteiger partial charge on any atom is 0.120 e. The van der Waals surface area contributed by atoms with E-state index in [0.717, 1.165) is 23.7 Å². The molecule has 0 heterocycles. The summed E-state index contributed by atoms with van der Waals surface area (Å²) in [6.07, 6.45) is 1.03. The zero-order valence-electron chi connectivity index (χ0n) is 30.3. The maximum atomic E-state index is 6.21. The molecule has 0 aliphatic carbocycles. The van der Waals surface area contributed by atoms with Crippen molar-refractivity contribution in [3.63, 3.8) is 0 Å². The molecule has 3 heteroatoms. The van der Waals surface area contributed by atoms with E-state index in [1.165, 1.54) is 27.8 Å². The second-order valence-corrected chi connectivity index (χ2v) is 16.8. The fourth-order valence-electron chi connectivity index (χ4n) is 5.90. The summed E-state index contributed by atoms with van der Waals surface area (Å²) < 4.78 is 18.6. The molecule has 0 bridgehead atoms. The quantitative estimate of drug-likeness (QED) is 0.186. The Morgan fingerprint density at radius 2 is 0.609 bits per heavy atom. The van der Waals surface area contributed by atoms with E-state index in [1.807, 2.05) is 0 Å². The van der Waals surface area contributed by atoms with Crippen LogP contribution in [-0.4, -0.2) is 16.8 Å². The highest BCUT2D eigenvalue weighted by Crippen LogP contribution is 2.44. The van der Waals surface area contributed by atoms with E-state index in [9.17, 15) is 0 Å². The van der Waals surface area contributed by atoms with Crippen LogP contribution in [0.25, 0.3) is 0 Å². The molecule has 0 saturated carbocycles. The van der Waals surface area contributed by atoms with Gasteiger partial charge in [0.15, 0.2) is 0 Å². The summed E-state index contributed by atoms with van der Waals surface area (Å²) in [4.78, 5) is 0. The zero-order chi connectivity index (χ0) is 33.9. The summed E-state index contributed by atoms with van der Waals surface area (Å²) >= 11 is 0. The minimum atomic E-state index is -0.266. The van der Waals surface area contributed by atoms with Gasteiger partial charge in [-0.05, 0) is 138 Å². The Bertz CT molecular complexity index is 1280. The highest BCUT2D eigenvalue weighted by Gasteiger charge is 2.29. The first-order chi connectivity index (χ1) is 21.2. The van der Waals surface area contributed by atoms with Crippen molar-refractivity contribution in [3.05, 3.63) is 125 Å². The van der Waals surface area contributed by atoms with Crippen LogP contribution in [0.4, 0.5) is 0 Å². The van der Waals surface area contributed by atoms with Crippen molar-refractivity contribution in [2.45, 2.75) is 118 Å². The molecule has 0 fully saturated rings. The van der Waals surface area contributed by atoms with Crippen molar-refractivity contribution in [2.24, 2.45) is 5.41 Å². The van der Waals surface area contributed by atoms with Crippen molar-refractivity contribution in [1.82, 2.24) is 0 Å². The van der Waals surface area contributed by atoms with Gasteiger partial charge in [0.25, 0.3) is 0 Å². The molecule has 0 amide bonds. The smallest absolute Gasteiger partial charge is 0.120 e. The minimum absolute atomic E-state index is 0.0372. The summed E-state index contributed by atoms with van der Waals surface area (Å²) in [6.45, 7) is 25.6. The van der Waals surface area contributed by atoms with Crippen molar-refractivity contribution in [3.8, 4) is 17.2 Å². The zero-order valence-corrected chi connectivity index (χ0v) is 30.3. The highest BCUT2D eigenvalue weighted by atomic mass is 16.5. The Balaban J connectivity index is 1.87. The molecular formula is C43H56O3. The van der Waals surface area contributed by atoms with E-state index in [0.29, 0.717) is 0 Å². The van der Waals surface area contributed by atoms with Gasteiger partial charge in [0.2, 0.25) is 0 Å². The average Bonchev–Trinajstić information content (AvgIpc) is 2.91. The lowest BCUT2D eigenvalue weighted by Crippen LogP contribution is -2.23. The standard InChI is InChI=1S/C43H56O3/c1-40(2,3)29-30-13-15-31(16-14-30)38(32-17-23-35(24-18-32)44-41(4,5)6)39(33-19-25-36(26-20-33)45-42(7,8)9)34-21-27-37(28-22-34)46-43(10,11)12/h13-28,38-39H,29H2,1-12H3. The van der Waals surface area contributed by atoms with Gasteiger partial charge < -0.3 is 14.2 Å². The minimum Gasteiger partial charge on any atom is -0.488 e. The third-order valence-electron chi connectivity index (χ3n) is 7.40. The maximum absolute atomic E-state index is 6.21. The van der Waals surface area contributed by atoms with Crippen LogP contribution in [0.2, 0.25) is 0 Å². The van der Waals surface area contributed by atoms with Crippen molar-refractivity contribution >= 4 is 0 Å². The Morgan fingerprint density at radius 3 is 0.826 bits per heavy atom. The van der Waals surface area contributed by atoms with Crippen LogP contribution in [0.1, 0.15) is 123 Å². The molecule has 3 nitrogen and oxygen atoms in total. The third kappa shape index (κ3) is 10.7. The molecule has 4 rings (SSSR count). The first-order valence-electron chi connectivity index (χ1n) is 16.7. The molecule has 4 aromatic carbocycles. The predicted octanol–water partition coefficient (Wildman–Crippen LogP) is 11.8. The van der Waals surface area contributed by atoms with Crippen LogP contribution in [0, 0.1) is 5.41 Å². The Kier molecular flexibility index (Phi) is 10.4. The first-order valence-corrected chi connectivity index (χ1v) is 16.7. The van der Waals surface area contributed by atoms with Gasteiger partial charge in [-0.3, -0.25) is 0 Å². The van der Waals surface area contributed by atoms with E-state index in [2.05, 4.69) is 180 Å². The van der Waals surface area contributed by atoms with E-state index in [1.54, 1.807) is 0 Å². The lowest BCUT2D eigenvalue weighted by molar-refractivity contribution is 0.130.